The number of thiazole rings is 1. The molecule has 0 spiro atoms. The fraction of sp³-hybridized carbons (Fsp3) is 0.0625. The van der Waals surface area contributed by atoms with Crippen LogP contribution in [-0.2, 0) is 0 Å². The topological polar surface area (TPSA) is 54.0 Å². The first-order valence-electron chi connectivity index (χ1n) is 6.87. The lowest BCUT2D eigenvalue weighted by Crippen LogP contribution is -2.34. The third kappa shape index (κ3) is 3.75. The van der Waals surface area contributed by atoms with Crippen LogP contribution in [0.5, 0.6) is 0 Å². The highest BCUT2D eigenvalue weighted by Gasteiger charge is 2.12. The van der Waals surface area contributed by atoms with Crippen LogP contribution < -0.4 is 10.6 Å². The third-order valence-electron chi connectivity index (χ3n) is 3.23. The van der Waals surface area contributed by atoms with E-state index in [1.54, 1.807) is 18.2 Å². The van der Waals surface area contributed by atoms with E-state index in [9.17, 15) is 4.79 Å². The standard InChI is InChI=1S/C16H11BrClN3OS2/c1-8-6-13-12(7-11(8)18)19-16(24-13)21-15(23)20-14(22)9-4-2-3-5-10(9)17/h2-7H,1H3,(H2,19,20,21,22,23). The van der Waals surface area contributed by atoms with Gasteiger partial charge in [-0.2, -0.15) is 0 Å². The lowest BCUT2D eigenvalue weighted by atomic mass is 10.2. The van der Waals surface area contributed by atoms with Gasteiger partial charge in [-0.05, 0) is 64.9 Å². The summed E-state index contributed by atoms with van der Waals surface area (Å²) in [6.07, 6.45) is 0. The van der Waals surface area contributed by atoms with Crippen molar-refractivity contribution in [1.82, 2.24) is 10.3 Å². The molecule has 0 bridgehead atoms. The largest absolute Gasteiger partial charge is 0.308 e. The van der Waals surface area contributed by atoms with Crippen LogP contribution in [0, 0.1) is 6.92 Å². The molecule has 2 aromatic carbocycles. The van der Waals surface area contributed by atoms with Crippen LogP contribution >= 0.6 is 51.1 Å². The molecule has 1 heterocycles. The number of aromatic nitrogens is 1. The van der Waals surface area contributed by atoms with E-state index >= 15 is 0 Å². The van der Waals surface area contributed by atoms with E-state index in [4.69, 9.17) is 23.8 Å². The van der Waals surface area contributed by atoms with Crippen molar-refractivity contribution in [3.8, 4) is 0 Å². The highest BCUT2D eigenvalue weighted by atomic mass is 79.9. The average Bonchev–Trinajstić information content (AvgIpc) is 2.88. The molecule has 3 rings (SSSR count). The lowest BCUT2D eigenvalue weighted by Gasteiger charge is -2.08. The minimum Gasteiger partial charge on any atom is -0.308 e. The van der Waals surface area contributed by atoms with Crippen LogP contribution in [0.25, 0.3) is 10.2 Å². The van der Waals surface area contributed by atoms with E-state index in [1.165, 1.54) is 11.3 Å². The molecular weight excluding hydrogens is 430 g/mol. The second-order valence-electron chi connectivity index (χ2n) is 4.98. The first-order valence-corrected chi connectivity index (χ1v) is 9.27. The SMILES string of the molecule is Cc1cc2sc(NC(=S)NC(=O)c3ccccc3Br)nc2cc1Cl. The first-order chi connectivity index (χ1) is 11.4. The number of benzene rings is 2. The van der Waals surface area contributed by atoms with Crippen molar-refractivity contribution < 1.29 is 4.79 Å². The Morgan fingerprint density at radius 2 is 2.08 bits per heavy atom. The summed E-state index contributed by atoms with van der Waals surface area (Å²) in [5, 5.41) is 7.05. The van der Waals surface area contributed by atoms with Crippen molar-refractivity contribution in [3.05, 3.63) is 57.0 Å². The Hall–Kier alpha value is -1.54. The Morgan fingerprint density at radius 3 is 2.83 bits per heavy atom. The zero-order valence-corrected chi connectivity index (χ0v) is 16.4. The number of halogens is 2. The van der Waals surface area contributed by atoms with Gasteiger partial charge in [-0.25, -0.2) is 4.98 Å². The molecule has 8 heteroatoms. The van der Waals surface area contributed by atoms with Crippen LogP contribution in [0.15, 0.2) is 40.9 Å². The fourth-order valence-corrected chi connectivity index (χ4v) is 3.87. The molecule has 1 amide bonds. The number of amides is 1. The molecule has 1 aromatic heterocycles. The molecule has 0 aliphatic rings. The predicted molar refractivity (Wildman–Crippen MR) is 107 cm³/mol. The van der Waals surface area contributed by atoms with Gasteiger partial charge in [-0.3, -0.25) is 10.1 Å². The Bertz CT molecular complexity index is 919. The van der Waals surface area contributed by atoms with Crippen molar-refractivity contribution in [2.45, 2.75) is 6.92 Å². The van der Waals surface area contributed by atoms with Crippen LogP contribution in [-0.4, -0.2) is 16.0 Å². The third-order valence-corrected chi connectivity index (χ3v) is 5.47. The summed E-state index contributed by atoms with van der Waals surface area (Å²) in [5.74, 6) is -0.292. The van der Waals surface area contributed by atoms with Crippen molar-refractivity contribution in [2.75, 3.05) is 5.32 Å². The van der Waals surface area contributed by atoms with Crippen LogP contribution in [0.3, 0.4) is 0 Å². The van der Waals surface area contributed by atoms with E-state index in [-0.39, 0.29) is 11.0 Å². The predicted octanol–water partition coefficient (Wildman–Crippen LogP) is 5.15. The second kappa shape index (κ2) is 7.14. The number of aryl methyl sites for hydroxylation is 1. The summed E-state index contributed by atoms with van der Waals surface area (Å²) in [6.45, 7) is 1.94. The van der Waals surface area contributed by atoms with E-state index in [1.807, 2.05) is 25.1 Å². The number of thiocarbonyl (C=S) groups is 1. The molecule has 0 saturated carbocycles. The Morgan fingerprint density at radius 1 is 1.33 bits per heavy atom. The average molecular weight is 441 g/mol. The highest BCUT2D eigenvalue weighted by molar-refractivity contribution is 9.10. The quantitative estimate of drug-likeness (QED) is 0.541. The number of hydrogen-bond donors (Lipinski definition) is 2. The number of fused-ring (bicyclic) bond motifs is 1. The van der Waals surface area contributed by atoms with Crippen LogP contribution in [0.2, 0.25) is 5.02 Å². The normalized spacial score (nSPS) is 10.6. The number of anilines is 1. The lowest BCUT2D eigenvalue weighted by molar-refractivity contribution is 0.0977. The molecule has 4 nitrogen and oxygen atoms in total. The van der Waals surface area contributed by atoms with E-state index in [0.29, 0.717) is 20.2 Å². The summed E-state index contributed by atoms with van der Waals surface area (Å²) in [7, 11) is 0. The molecule has 0 unspecified atom stereocenters. The molecule has 2 N–H and O–H groups in total. The molecule has 0 fully saturated rings. The minimum atomic E-state index is -0.292. The number of carbonyl (C=O) groups is 1. The van der Waals surface area contributed by atoms with Gasteiger partial charge in [-0.1, -0.05) is 35.1 Å². The van der Waals surface area contributed by atoms with Gasteiger partial charge in [0.15, 0.2) is 10.2 Å². The first kappa shape index (κ1) is 17.3. The van der Waals surface area contributed by atoms with Gasteiger partial charge in [0.1, 0.15) is 0 Å². The maximum atomic E-state index is 12.2. The van der Waals surface area contributed by atoms with E-state index < -0.39 is 0 Å². The zero-order chi connectivity index (χ0) is 17.3. The monoisotopic (exact) mass is 439 g/mol. The van der Waals surface area contributed by atoms with Crippen LogP contribution in [0.1, 0.15) is 15.9 Å². The van der Waals surface area contributed by atoms with E-state index in [0.717, 1.165) is 15.8 Å². The molecular formula is C16H11BrClN3OS2. The van der Waals surface area contributed by atoms with Crippen molar-refractivity contribution in [3.63, 3.8) is 0 Å². The zero-order valence-electron chi connectivity index (χ0n) is 12.4. The Kier molecular flexibility index (Phi) is 5.15. The molecule has 0 saturated heterocycles. The van der Waals surface area contributed by atoms with Gasteiger partial charge in [0.25, 0.3) is 5.91 Å². The molecule has 122 valence electrons. The van der Waals surface area contributed by atoms with Crippen molar-refractivity contribution >= 4 is 77.5 Å². The van der Waals surface area contributed by atoms with E-state index in [2.05, 4.69) is 31.5 Å². The van der Waals surface area contributed by atoms with Gasteiger partial charge >= 0.3 is 0 Å². The number of nitrogens with one attached hydrogen (secondary N) is 2. The maximum Gasteiger partial charge on any atom is 0.258 e. The molecule has 3 aromatic rings. The van der Waals surface area contributed by atoms with Gasteiger partial charge in [0.05, 0.1) is 15.8 Å². The molecule has 0 radical (unpaired) electrons. The number of nitrogens with zero attached hydrogens (tertiary/aromatic N) is 1. The maximum absolute atomic E-state index is 12.2. The summed E-state index contributed by atoms with van der Waals surface area (Å²) >= 11 is 16.1. The molecule has 0 aliphatic carbocycles. The summed E-state index contributed by atoms with van der Waals surface area (Å²) in [4.78, 5) is 16.7. The smallest absolute Gasteiger partial charge is 0.258 e. The van der Waals surface area contributed by atoms with Crippen LogP contribution in [0.4, 0.5) is 5.13 Å². The highest BCUT2D eigenvalue weighted by Crippen LogP contribution is 2.30. The van der Waals surface area contributed by atoms with Gasteiger partial charge in [-0.15, -0.1) is 0 Å². The Labute approximate surface area is 161 Å². The van der Waals surface area contributed by atoms with Crippen molar-refractivity contribution in [2.24, 2.45) is 0 Å². The number of carbonyl (C=O) groups excluding carboxylic acids is 1. The second-order valence-corrected chi connectivity index (χ2v) is 7.68. The van der Waals surface area contributed by atoms with Gasteiger partial charge in [0.2, 0.25) is 0 Å². The summed E-state index contributed by atoms with van der Waals surface area (Å²) in [5.41, 5.74) is 2.29. The minimum absolute atomic E-state index is 0.192. The van der Waals surface area contributed by atoms with Gasteiger partial charge in [0, 0.05) is 9.50 Å². The van der Waals surface area contributed by atoms with Gasteiger partial charge < -0.3 is 5.32 Å². The summed E-state index contributed by atoms with van der Waals surface area (Å²) < 4.78 is 1.70. The molecule has 0 atom stereocenters. The molecule has 0 aliphatic heterocycles. The fourth-order valence-electron chi connectivity index (χ4n) is 2.05. The van der Waals surface area contributed by atoms with Crippen molar-refractivity contribution in [1.29, 1.82) is 0 Å². The molecule has 24 heavy (non-hydrogen) atoms. The number of rotatable bonds is 2. The Balaban J connectivity index is 1.73. The summed E-state index contributed by atoms with van der Waals surface area (Å²) in [6, 6.07) is 10.9. The number of hydrogen-bond acceptors (Lipinski definition) is 4.